The first kappa shape index (κ1) is 13.9. The molecule has 2 fully saturated rings. The molecule has 0 aliphatic carbocycles. The molecule has 22 heavy (non-hydrogen) atoms. The lowest BCUT2D eigenvalue weighted by atomic mass is 9.92. The van der Waals surface area contributed by atoms with Gasteiger partial charge in [-0.25, -0.2) is 0 Å². The lowest BCUT2D eigenvalue weighted by Gasteiger charge is -2.28. The monoisotopic (exact) mass is 295 g/mol. The van der Waals surface area contributed by atoms with Gasteiger partial charge in [0.15, 0.2) is 0 Å². The number of hydroxylamine groups is 2. The predicted molar refractivity (Wildman–Crippen MR) is 85.3 cm³/mol. The first-order valence-electron chi connectivity index (χ1n) is 8.00. The Labute approximate surface area is 131 Å². The molecule has 2 bridgehead atoms. The molecule has 2 saturated heterocycles. The molecule has 0 radical (unpaired) electrons. The van der Waals surface area contributed by atoms with Crippen LogP contribution in [0.1, 0.15) is 23.5 Å². The molecule has 0 saturated carbocycles. The van der Waals surface area contributed by atoms with Gasteiger partial charge in [-0.05, 0) is 17.5 Å². The summed E-state index contributed by atoms with van der Waals surface area (Å²) in [4.78, 5) is 6.29. The Hall–Kier alpha value is -1.68. The van der Waals surface area contributed by atoms with Crippen LogP contribution < -0.4 is 0 Å². The van der Waals surface area contributed by atoms with Gasteiger partial charge in [0.2, 0.25) is 0 Å². The van der Waals surface area contributed by atoms with Gasteiger partial charge in [-0.1, -0.05) is 60.7 Å². The molecular weight excluding hydrogens is 274 g/mol. The zero-order valence-electron chi connectivity index (χ0n) is 12.6. The summed E-state index contributed by atoms with van der Waals surface area (Å²) in [5, 5.41) is 2.12. The molecule has 0 unspecified atom stereocenters. The van der Waals surface area contributed by atoms with Crippen LogP contribution in [0.4, 0.5) is 0 Å². The molecular formula is C19H21NO2. The van der Waals surface area contributed by atoms with Gasteiger partial charge >= 0.3 is 0 Å². The van der Waals surface area contributed by atoms with Crippen LogP contribution in [0.5, 0.6) is 0 Å². The van der Waals surface area contributed by atoms with E-state index in [1.54, 1.807) is 0 Å². The Morgan fingerprint density at radius 1 is 0.909 bits per heavy atom. The summed E-state index contributed by atoms with van der Waals surface area (Å²) in [6.45, 7) is 2.34. The van der Waals surface area contributed by atoms with Crippen LogP contribution in [0.15, 0.2) is 60.7 Å². The molecule has 2 aliphatic rings. The van der Waals surface area contributed by atoms with Crippen molar-refractivity contribution in [3.63, 3.8) is 0 Å². The van der Waals surface area contributed by atoms with Crippen molar-refractivity contribution in [3.05, 3.63) is 71.8 Å². The molecule has 4 rings (SSSR count). The number of rotatable bonds is 3. The third-order valence-electron chi connectivity index (χ3n) is 4.65. The Balaban J connectivity index is 1.51. The summed E-state index contributed by atoms with van der Waals surface area (Å²) in [7, 11) is 0. The van der Waals surface area contributed by atoms with E-state index in [1.165, 1.54) is 11.1 Å². The van der Waals surface area contributed by atoms with Gasteiger partial charge in [-0.15, -0.1) is 0 Å². The summed E-state index contributed by atoms with van der Waals surface area (Å²) >= 11 is 0. The summed E-state index contributed by atoms with van der Waals surface area (Å²) in [6.07, 6.45) is 1.27. The minimum Gasteiger partial charge on any atom is -0.379 e. The molecule has 3 atom stereocenters. The van der Waals surface area contributed by atoms with E-state index in [0.29, 0.717) is 12.0 Å². The minimum atomic E-state index is 0.221. The van der Waals surface area contributed by atoms with Crippen molar-refractivity contribution >= 4 is 0 Å². The summed E-state index contributed by atoms with van der Waals surface area (Å²) in [5.74, 6) is 0.326. The van der Waals surface area contributed by atoms with Crippen LogP contribution in [-0.4, -0.2) is 30.4 Å². The summed E-state index contributed by atoms with van der Waals surface area (Å²) in [6, 6.07) is 21.5. The van der Waals surface area contributed by atoms with E-state index in [4.69, 9.17) is 9.57 Å². The fourth-order valence-corrected chi connectivity index (χ4v) is 3.46. The first-order chi connectivity index (χ1) is 10.9. The zero-order valence-corrected chi connectivity index (χ0v) is 12.6. The molecule has 3 heteroatoms. The van der Waals surface area contributed by atoms with Crippen molar-refractivity contribution in [2.75, 3.05) is 13.2 Å². The van der Waals surface area contributed by atoms with E-state index in [0.717, 1.165) is 26.2 Å². The SMILES string of the molecule is c1ccc(CN2O[C@@H]3C[C@H]2COC[C@@H]3c2ccccc2)cc1. The van der Waals surface area contributed by atoms with Crippen molar-refractivity contribution in [2.24, 2.45) is 0 Å². The lowest BCUT2D eigenvalue weighted by molar-refractivity contribution is -0.196. The molecule has 2 heterocycles. The highest BCUT2D eigenvalue weighted by Gasteiger charge is 2.41. The summed E-state index contributed by atoms with van der Waals surface area (Å²) in [5.41, 5.74) is 2.60. The maximum absolute atomic E-state index is 6.29. The highest BCUT2D eigenvalue weighted by Crippen LogP contribution is 2.36. The first-order valence-corrected chi connectivity index (χ1v) is 8.00. The highest BCUT2D eigenvalue weighted by molar-refractivity contribution is 5.22. The number of nitrogens with zero attached hydrogens (tertiary/aromatic N) is 1. The van der Waals surface area contributed by atoms with Gasteiger partial charge in [0.25, 0.3) is 0 Å². The molecule has 114 valence electrons. The normalized spacial score (nSPS) is 28.5. The van der Waals surface area contributed by atoms with Gasteiger partial charge in [0.1, 0.15) is 0 Å². The fourth-order valence-electron chi connectivity index (χ4n) is 3.46. The topological polar surface area (TPSA) is 21.7 Å². The van der Waals surface area contributed by atoms with Crippen molar-refractivity contribution in [2.45, 2.75) is 31.0 Å². The fraction of sp³-hybridized carbons (Fsp3) is 0.368. The maximum Gasteiger partial charge on any atom is 0.0900 e. The largest absolute Gasteiger partial charge is 0.379 e. The Kier molecular flexibility index (Phi) is 3.94. The van der Waals surface area contributed by atoms with Crippen molar-refractivity contribution in [1.82, 2.24) is 5.06 Å². The number of ether oxygens (including phenoxy) is 1. The van der Waals surface area contributed by atoms with Crippen LogP contribution in [-0.2, 0) is 16.1 Å². The van der Waals surface area contributed by atoms with E-state index in [1.807, 2.05) is 6.07 Å². The van der Waals surface area contributed by atoms with Crippen LogP contribution in [0.3, 0.4) is 0 Å². The van der Waals surface area contributed by atoms with E-state index in [2.05, 4.69) is 59.7 Å². The Morgan fingerprint density at radius 2 is 1.64 bits per heavy atom. The molecule has 0 N–H and O–H groups in total. The maximum atomic E-state index is 6.29. The van der Waals surface area contributed by atoms with E-state index in [-0.39, 0.29) is 6.10 Å². The van der Waals surface area contributed by atoms with E-state index < -0.39 is 0 Å². The predicted octanol–water partition coefficient (Wildman–Crippen LogP) is 3.38. The average Bonchev–Trinajstić information content (AvgIpc) is 2.82. The van der Waals surface area contributed by atoms with Gasteiger partial charge in [0, 0.05) is 12.5 Å². The molecule has 2 aliphatic heterocycles. The smallest absolute Gasteiger partial charge is 0.0900 e. The highest BCUT2D eigenvalue weighted by atomic mass is 16.7. The van der Waals surface area contributed by atoms with Gasteiger partial charge in [-0.3, -0.25) is 4.84 Å². The van der Waals surface area contributed by atoms with E-state index in [9.17, 15) is 0 Å². The molecule has 2 aromatic carbocycles. The third-order valence-corrected chi connectivity index (χ3v) is 4.65. The number of hydrogen-bond donors (Lipinski definition) is 0. The Bertz CT molecular complexity index is 601. The van der Waals surface area contributed by atoms with Crippen LogP contribution in [0.2, 0.25) is 0 Å². The molecule has 3 nitrogen and oxygen atoms in total. The second-order valence-corrected chi connectivity index (χ2v) is 6.15. The van der Waals surface area contributed by atoms with Crippen LogP contribution in [0, 0.1) is 0 Å². The van der Waals surface area contributed by atoms with Crippen molar-refractivity contribution < 1.29 is 9.57 Å². The van der Waals surface area contributed by atoms with Crippen LogP contribution in [0.25, 0.3) is 0 Å². The minimum absolute atomic E-state index is 0.221. The van der Waals surface area contributed by atoms with Gasteiger partial charge < -0.3 is 4.74 Å². The third kappa shape index (κ3) is 2.80. The van der Waals surface area contributed by atoms with Crippen molar-refractivity contribution in [3.8, 4) is 0 Å². The summed E-state index contributed by atoms with van der Waals surface area (Å²) < 4.78 is 5.94. The molecule has 2 aromatic rings. The molecule has 0 aromatic heterocycles. The van der Waals surface area contributed by atoms with Gasteiger partial charge in [0.05, 0.1) is 25.4 Å². The van der Waals surface area contributed by atoms with Gasteiger partial charge in [-0.2, -0.15) is 5.06 Å². The quantitative estimate of drug-likeness (QED) is 0.866. The standard InChI is InChI=1S/C19H21NO2/c1-3-7-15(8-4-1)12-20-17-11-19(22-20)18(14-21-13-17)16-9-5-2-6-10-16/h1-10,17-19H,11-14H2/t17-,18+,19+/m0/s1. The second kappa shape index (κ2) is 6.21. The average molecular weight is 295 g/mol. The number of fused-ring (bicyclic) bond motifs is 2. The number of hydrogen-bond acceptors (Lipinski definition) is 3. The lowest BCUT2D eigenvalue weighted by Crippen LogP contribution is -2.34. The van der Waals surface area contributed by atoms with Crippen LogP contribution >= 0.6 is 0 Å². The molecule has 0 amide bonds. The van der Waals surface area contributed by atoms with E-state index >= 15 is 0 Å². The molecule has 0 spiro atoms. The Morgan fingerprint density at radius 3 is 2.41 bits per heavy atom. The zero-order chi connectivity index (χ0) is 14.8. The second-order valence-electron chi connectivity index (χ2n) is 6.15. The van der Waals surface area contributed by atoms with Crippen molar-refractivity contribution in [1.29, 1.82) is 0 Å². The number of benzene rings is 2.